The number of aliphatic hydroxyl groups excluding tert-OH is 1. The third-order valence-electron chi connectivity index (χ3n) is 4.13. The molecule has 0 bridgehead atoms. The van der Waals surface area contributed by atoms with E-state index in [1.165, 1.54) is 11.1 Å². The first-order valence-electron chi connectivity index (χ1n) is 8.08. The van der Waals surface area contributed by atoms with Crippen LogP contribution in [0.4, 0.5) is 0 Å². The van der Waals surface area contributed by atoms with E-state index in [0.717, 1.165) is 31.4 Å². The third kappa shape index (κ3) is 4.07. The lowest BCUT2D eigenvalue weighted by Gasteiger charge is -2.30. The number of hydrogen-bond acceptors (Lipinski definition) is 2. The molecule has 3 nitrogen and oxygen atoms in total. The SMILES string of the molecule is CCCC(O)c1ccc2c(c1)CN(C(=O)CC(C)C)CC2. The van der Waals surface area contributed by atoms with Gasteiger partial charge in [0.2, 0.25) is 5.91 Å². The van der Waals surface area contributed by atoms with Crippen LogP contribution < -0.4 is 0 Å². The van der Waals surface area contributed by atoms with Gasteiger partial charge in [0.1, 0.15) is 0 Å². The highest BCUT2D eigenvalue weighted by Crippen LogP contribution is 2.26. The van der Waals surface area contributed by atoms with Crippen molar-refractivity contribution in [1.29, 1.82) is 0 Å². The highest BCUT2D eigenvalue weighted by molar-refractivity contribution is 5.76. The fraction of sp³-hybridized carbons (Fsp3) is 0.611. The molecular weight excluding hydrogens is 262 g/mol. The summed E-state index contributed by atoms with van der Waals surface area (Å²) in [5, 5.41) is 10.1. The minimum absolute atomic E-state index is 0.246. The Labute approximate surface area is 128 Å². The lowest BCUT2D eigenvalue weighted by Crippen LogP contribution is -2.36. The number of carbonyl (C=O) groups excluding carboxylic acids is 1. The van der Waals surface area contributed by atoms with Crippen LogP contribution in [0.5, 0.6) is 0 Å². The molecule has 21 heavy (non-hydrogen) atoms. The average molecular weight is 289 g/mol. The molecule has 1 amide bonds. The molecule has 1 aliphatic rings. The second-order valence-electron chi connectivity index (χ2n) is 6.50. The van der Waals surface area contributed by atoms with Crippen LogP contribution in [0.2, 0.25) is 0 Å². The zero-order valence-corrected chi connectivity index (χ0v) is 13.4. The van der Waals surface area contributed by atoms with Crippen LogP contribution in [0.1, 0.15) is 62.8 Å². The van der Waals surface area contributed by atoms with E-state index in [-0.39, 0.29) is 12.0 Å². The third-order valence-corrected chi connectivity index (χ3v) is 4.13. The van der Waals surface area contributed by atoms with Gasteiger partial charge in [-0.25, -0.2) is 0 Å². The van der Waals surface area contributed by atoms with E-state index in [2.05, 4.69) is 32.9 Å². The van der Waals surface area contributed by atoms with Gasteiger partial charge in [-0.1, -0.05) is 45.4 Å². The number of amides is 1. The number of aliphatic hydroxyl groups is 1. The monoisotopic (exact) mass is 289 g/mol. The Kier molecular flexibility index (Phi) is 5.40. The van der Waals surface area contributed by atoms with Crippen molar-refractivity contribution in [2.75, 3.05) is 6.54 Å². The van der Waals surface area contributed by atoms with Crippen molar-refractivity contribution in [1.82, 2.24) is 4.90 Å². The Morgan fingerprint density at radius 3 is 2.76 bits per heavy atom. The van der Waals surface area contributed by atoms with Crippen molar-refractivity contribution < 1.29 is 9.90 Å². The molecule has 3 heteroatoms. The van der Waals surface area contributed by atoms with Gasteiger partial charge < -0.3 is 10.0 Å². The summed E-state index contributed by atoms with van der Waals surface area (Å²) in [7, 11) is 0. The predicted molar refractivity (Wildman–Crippen MR) is 84.9 cm³/mol. The highest BCUT2D eigenvalue weighted by atomic mass is 16.3. The Morgan fingerprint density at radius 1 is 1.33 bits per heavy atom. The minimum atomic E-state index is -0.387. The first kappa shape index (κ1) is 16.0. The molecule has 1 heterocycles. The predicted octanol–water partition coefficient (Wildman–Crippen LogP) is 3.45. The van der Waals surface area contributed by atoms with Crippen LogP contribution in [-0.2, 0) is 17.8 Å². The van der Waals surface area contributed by atoms with E-state index < -0.39 is 0 Å². The topological polar surface area (TPSA) is 40.5 Å². The molecule has 1 aromatic rings. The van der Waals surface area contributed by atoms with Gasteiger partial charge in [-0.3, -0.25) is 4.79 Å². The highest BCUT2D eigenvalue weighted by Gasteiger charge is 2.22. The molecule has 1 aliphatic heterocycles. The van der Waals surface area contributed by atoms with Gasteiger partial charge in [-0.2, -0.15) is 0 Å². The van der Waals surface area contributed by atoms with E-state index in [0.29, 0.717) is 18.9 Å². The first-order valence-corrected chi connectivity index (χ1v) is 8.08. The van der Waals surface area contributed by atoms with E-state index in [1.54, 1.807) is 0 Å². The van der Waals surface area contributed by atoms with Crippen LogP contribution in [0.25, 0.3) is 0 Å². The quantitative estimate of drug-likeness (QED) is 0.902. The van der Waals surface area contributed by atoms with Gasteiger partial charge in [0.15, 0.2) is 0 Å². The Morgan fingerprint density at radius 2 is 2.10 bits per heavy atom. The molecule has 1 unspecified atom stereocenters. The number of carbonyl (C=O) groups is 1. The molecule has 0 fully saturated rings. The second kappa shape index (κ2) is 7.08. The van der Waals surface area contributed by atoms with E-state index in [1.807, 2.05) is 11.0 Å². The summed E-state index contributed by atoms with van der Waals surface area (Å²) >= 11 is 0. The summed E-state index contributed by atoms with van der Waals surface area (Å²) in [5.74, 6) is 0.645. The number of benzene rings is 1. The summed E-state index contributed by atoms with van der Waals surface area (Å²) in [6, 6.07) is 6.24. The zero-order valence-electron chi connectivity index (χ0n) is 13.4. The van der Waals surface area contributed by atoms with Crippen molar-refractivity contribution in [3.8, 4) is 0 Å². The van der Waals surface area contributed by atoms with Gasteiger partial charge in [0.25, 0.3) is 0 Å². The van der Waals surface area contributed by atoms with Crippen molar-refractivity contribution >= 4 is 5.91 Å². The van der Waals surface area contributed by atoms with Gasteiger partial charge in [0.05, 0.1) is 6.10 Å². The molecular formula is C18H27NO2. The van der Waals surface area contributed by atoms with Crippen LogP contribution in [0.15, 0.2) is 18.2 Å². The van der Waals surface area contributed by atoms with Crippen LogP contribution in [-0.4, -0.2) is 22.5 Å². The summed E-state index contributed by atoms with van der Waals surface area (Å²) in [4.78, 5) is 14.2. The maximum atomic E-state index is 12.2. The first-order chi connectivity index (χ1) is 10.0. The Bertz CT molecular complexity index is 496. The van der Waals surface area contributed by atoms with Crippen molar-refractivity contribution in [2.24, 2.45) is 5.92 Å². The molecule has 0 saturated carbocycles. The van der Waals surface area contributed by atoms with Gasteiger partial charge in [-0.05, 0) is 35.4 Å². The van der Waals surface area contributed by atoms with Crippen molar-refractivity contribution in [2.45, 2.75) is 59.1 Å². The smallest absolute Gasteiger partial charge is 0.223 e. The average Bonchev–Trinajstić information content (AvgIpc) is 2.45. The standard InChI is InChI=1S/C18H27NO2/c1-4-5-17(20)15-7-6-14-8-9-19(12-16(14)11-15)18(21)10-13(2)3/h6-7,11,13,17,20H,4-5,8-10,12H2,1-3H3. The molecule has 1 aromatic carbocycles. The molecule has 1 N–H and O–H groups in total. The summed E-state index contributed by atoms with van der Waals surface area (Å²) in [5.41, 5.74) is 3.50. The maximum absolute atomic E-state index is 12.2. The summed E-state index contributed by atoms with van der Waals surface area (Å²) in [6.45, 7) is 7.74. The number of nitrogens with zero attached hydrogens (tertiary/aromatic N) is 1. The molecule has 0 saturated heterocycles. The van der Waals surface area contributed by atoms with Gasteiger partial charge in [0, 0.05) is 19.5 Å². The zero-order chi connectivity index (χ0) is 15.4. The minimum Gasteiger partial charge on any atom is -0.388 e. The van der Waals surface area contributed by atoms with Crippen LogP contribution >= 0.6 is 0 Å². The molecule has 0 aliphatic carbocycles. The number of rotatable bonds is 5. The summed E-state index contributed by atoms with van der Waals surface area (Å²) < 4.78 is 0. The lowest BCUT2D eigenvalue weighted by molar-refractivity contribution is -0.132. The van der Waals surface area contributed by atoms with E-state index >= 15 is 0 Å². The lowest BCUT2D eigenvalue weighted by atomic mass is 9.94. The fourth-order valence-electron chi connectivity index (χ4n) is 2.92. The van der Waals surface area contributed by atoms with Crippen LogP contribution in [0.3, 0.4) is 0 Å². The molecule has 0 aromatic heterocycles. The fourth-order valence-corrected chi connectivity index (χ4v) is 2.92. The normalized spacial score (nSPS) is 16.0. The van der Waals surface area contributed by atoms with E-state index in [4.69, 9.17) is 0 Å². The molecule has 116 valence electrons. The van der Waals surface area contributed by atoms with E-state index in [9.17, 15) is 9.90 Å². The molecule has 2 rings (SSSR count). The largest absolute Gasteiger partial charge is 0.388 e. The van der Waals surface area contributed by atoms with Gasteiger partial charge >= 0.3 is 0 Å². The molecule has 0 radical (unpaired) electrons. The molecule has 1 atom stereocenters. The van der Waals surface area contributed by atoms with Crippen molar-refractivity contribution in [3.05, 3.63) is 34.9 Å². The van der Waals surface area contributed by atoms with Crippen LogP contribution in [0, 0.1) is 5.92 Å². The number of fused-ring (bicyclic) bond motifs is 1. The maximum Gasteiger partial charge on any atom is 0.223 e. The summed E-state index contributed by atoms with van der Waals surface area (Å²) in [6.07, 6.45) is 2.91. The Hall–Kier alpha value is -1.35. The molecule has 0 spiro atoms. The van der Waals surface area contributed by atoms with Crippen molar-refractivity contribution in [3.63, 3.8) is 0 Å². The Balaban J connectivity index is 2.11. The second-order valence-corrected chi connectivity index (χ2v) is 6.50. The number of hydrogen-bond donors (Lipinski definition) is 1. The van der Waals surface area contributed by atoms with Gasteiger partial charge in [-0.15, -0.1) is 0 Å².